The molecule has 0 aliphatic heterocycles. The first-order valence-electron chi connectivity index (χ1n) is 6.37. The van der Waals surface area contributed by atoms with Crippen LogP contribution in [-0.2, 0) is 6.61 Å². The Bertz CT molecular complexity index is 673. The van der Waals surface area contributed by atoms with Crippen molar-refractivity contribution in [2.24, 2.45) is 5.73 Å². The topological polar surface area (TPSA) is 44.5 Å². The van der Waals surface area contributed by atoms with Gasteiger partial charge in [0.15, 0.2) is 11.5 Å². The van der Waals surface area contributed by atoms with E-state index in [9.17, 15) is 4.39 Å². The Labute approximate surface area is 128 Å². The fourth-order valence-corrected chi connectivity index (χ4v) is 2.14. The largest absolute Gasteiger partial charge is 0.493 e. The van der Waals surface area contributed by atoms with Gasteiger partial charge in [-0.25, -0.2) is 4.39 Å². The molecular formula is C16H16FNO2S. The maximum absolute atomic E-state index is 13.3. The molecule has 3 nitrogen and oxygen atoms in total. The summed E-state index contributed by atoms with van der Waals surface area (Å²) in [4.78, 5) is 0.143. The molecule has 2 rings (SSSR count). The Morgan fingerprint density at radius 3 is 2.62 bits per heavy atom. The molecule has 2 aromatic rings. The fraction of sp³-hybridized carbons (Fsp3) is 0.188. The predicted molar refractivity (Wildman–Crippen MR) is 84.4 cm³/mol. The van der Waals surface area contributed by atoms with Crippen LogP contribution in [0.15, 0.2) is 36.4 Å². The van der Waals surface area contributed by atoms with Crippen LogP contribution in [0.1, 0.15) is 16.7 Å². The minimum atomic E-state index is -0.380. The van der Waals surface area contributed by atoms with Crippen molar-refractivity contribution in [2.45, 2.75) is 13.5 Å². The minimum absolute atomic E-state index is 0.143. The van der Waals surface area contributed by atoms with Crippen LogP contribution in [0.2, 0.25) is 0 Å². The van der Waals surface area contributed by atoms with E-state index in [1.807, 2.05) is 25.1 Å². The van der Waals surface area contributed by atoms with Gasteiger partial charge < -0.3 is 15.2 Å². The summed E-state index contributed by atoms with van der Waals surface area (Å²) < 4.78 is 24.3. The monoisotopic (exact) mass is 305 g/mol. The molecule has 110 valence electrons. The van der Waals surface area contributed by atoms with E-state index in [4.69, 9.17) is 27.4 Å². The molecule has 0 atom stereocenters. The van der Waals surface area contributed by atoms with Crippen molar-refractivity contribution in [1.29, 1.82) is 0 Å². The fourth-order valence-electron chi connectivity index (χ4n) is 1.95. The average molecular weight is 305 g/mol. The van der Waals surface area contributed by atoms with E-state index in [0.29, 0.717) is 17.1 Å². The highest BCUT2D eigenvalue weighted by Crippen LogP contribution is 2.28. The lowest BCUT2D eigenvalue weighted by Gasteiger charge is -2.13. The van der Waals surface area contributed by atoms with Gasteiger partial charge in [0.25, 0.3) is 0 Å². The minimum Gasteiger partial charge on any atom is -0.493 e. The second-order valence-corrected chi connectivity index (χ2v) is 5.05. The molecule has 2 aromatic carbocycles. The summed E-state index contributed by atoms with van der Waals surface area (Å²) in [5.41, 5.74) is 7.90. The van der Waals surface area contributed by atoms with Gasteiger partial charge in [0, 0.05) is 5.56 Å². The number of thiocarbonyl (C=S) groups is 1. The summed E-state index contributed by atoms with van der Waals surface area (Å²) in [6, 6.07) is 9.92. The molecule has 0 amide bonds. The zero-order valence-electron chi connectivity index (χ0n) is 11.9. The summed E-state index contributed by atoms with van der Waals surface area (Å²) in [5, 5.41) is 0. The zero-order valence-corrected chi connectivity index (χ0v) is 12.7. The third-order valence-corrected chi connectivity index (χ3v) is 3.26. The molecule has 5 heteroatoms. The molecule has 0 saturated carbocycles. The molecule has 0 saturated heterocycles. The highest BCUT2D eigenvalue weighted by Gasteiger charge is 2.10. The Balaban J connectivity index is 2.22. The van der Waals surface area contributed by atoms with Crippen LogP contribution in [-0.4, -0.2) is 12.1 Å². The van der Waals surface area contributed by atoms with Gasteiger partial charge in [-0.15, -0.1) is 0 Å². The predicted octanol–water partition coefficient (Wildman–Crippen LogP) is 3.36. The lowest BCUT2D eigenvalue weighted by atomic mass is 10.1. The Kier molecular flexibility index (Phi) is 4.75. The summed E-state index contributed by atoms with van der Waals surface area (Å²) in [6.45, 7) is 2.20. The quantitative estimate of drug-likeness (QED) is 0.860. The number of rotatable bonds is 5. The summed E-state index contributed by atoms with van der Waals surface area (Å²) in [6.07, 6.45) is 0. The van der Waals surface area contributed by atoms with Crippen LogP contribution < -0.4 is 15.2 Å². The maximum atomic E-state index is 13.3. The van der Waals surface area contributed by atoms with Crippen molar-refractivity contribution in [3.8, 4) is 11.5 Å². The number of methoxy groups -OCH3 is 1. The summed E-state index contributed by atoms with van der Waals surface area (Å²) in [5.74, 6) is 0.879. The molecule has 0 fully saturated rings. The van der Waals surface area contributed by atoms with Gasteiger partial charge in [0.05, 0.1) is 7.11 Å². The normalized spacial score (nSPS) is 10.2. The van der Waals surface area contributed by atoms with Crippen molar-refractivity contribution >= 4 is 17.2 Å². The maximum Gasteiger partial charge on any atom is 0.161 e. The van der Waals surface area contributed by atoms with Crippen molar-refractivity contribution in [2.75, 3.05) is 7.11 Å². The molecule has 0 heterocycles. The second kappa shape index (κ2) is 6.54. The Morgan fingerprint density at radius 2 is 1.95 bits per heavy atom. The van der Waals surface area contributed by atoms with Gasteiger partial charge in [0.2, 0.25) is 0 Å². The molecule has 21 heavy (non-hydrogen) atoms. The SMILES string of the molecule is COc1cc(C)ccc1OCc1ccc(F)cc1C(N)=S. The smallest absolute Gasteiger partial charge is 0.161 e. The van der Waals surface area contributed by atoms with E-state index in [2.05, 4.69) is 0 Å². The summed E-state index contributed by atoms with van der Waals surface area (Å²) >= 11 is 4.94. The van der Waals surface area contributed by atoms with Crippen molar-refractivity contribution < 1.29 is 13.9 Å². The lowest BCUT2D eigenvalue weighted by molar-refractivity contribution is 0.284. The number of halogens is 1. The van der Waals surface area contributed by atoms with Gasteiger partial charge in [-0.05, 0) is 42.3 Å². The molecule has 0 radical (unpaired) electrons. The molecule has 0 aromatic heterocycles. The molecule has 0 aliphatic carbocycles. The van der Waals surface area contributed by atoms with Crippen molar-refractivity contribution in [3.05, 3.63) is 58.9 Å². The third kappa shape index (κ3) is 3.70. The van der Waals surface area contributed by atoms with Gasteiger partial charge >= 0.3 is 0 Å². The van der Waals surface area contributed by atoms with E-state index in [1.54, 1.807) is 13.2 Å². The highest BCUT2D eigenvalue weighted by molar-refractivity contribution is 7.80. The lowest BCUT2D eigenvalue weighted by Crippen LogP contribution is -2.14. The van der Waals surface area contributed by atoms with E-state index in [0.717, 1.165) is 11.1 Å². The first-order valence-corrected chi connectivity index (χ1v) is 6.77. The van der Waals surface area contributed by atoms with Crippen LogP contribution in [0.3, 0.4) is 0 Å². The number of hydrogen-bond donors (Lipinski definition) is 1. The average Bonchev–Trinajstić information content (AvgIpc) is 2.46. The molecule has 0 bridgehead atoms. The van der Waals surface area contributed by atoms with Gasteiger partial charge in [-0.3, -0.25) is 0 Å². The molecule has 0 aliphatic rings. The van der Waals surface area contributed by atoms with E-state index in [-0.39, 0.29) is 17.4 Å². The van der Waals surface area contributed by atoms with E-state index in [1.165, 1.54) is 12.1 Å². The third-order valence-electron chi connectivity index (χ3n) is 3.04. The standard InChI is InChI=1S/C16H16FNO2S/c1-10-3-6-14(15(7-10)19-2)20-9-11-4-5-12(17)8-13(11)16(18)21/h3-8H,9H2,1-2H3,(H2,18,21). The highest BCUT2D eigenvalue weighted by atomic mass is 32.1. The Hall–Kier alpha value is -2.14. The van der Waals surface area contributed by atoms with Crippen molar-refractivity contribution in [3.63, 3.8) is 0 Å². The molecule has 0 unspecified atom stereocenters. The van der Waals surface area contributed by atoms with Gasteiger partial charge in [-0.1, -0.05) is 24.4 Å². The molecule has 2 N–H and O–H groups in total. The number of nitrogens with two attached hydrogens (primary N) is 1. The van der Waals surface area contributed by atoms with Crippen molar-refractivity contribution in [1.82, 2.24) is 0 Å². The number of ether oxygens (including phenoxy) is 2. The van der Waals surface area contributed by atoms with E-state index >= 15 is 0 Å². The van der Waals surface area contributed by atoms with Gasteiger partial charge in [0.1, 0.15) is 17.4 Å². The van der Waals surface area contributed by atoms with Crippen LogP contribution in [0.25, 0.3) is 0 Å². The van der Waals surface area contributed by atoms with E-state index < -0.39 is 0 Å². The van der Waals surface area contributed by atoms with Crippen LogP contribution in [0, 0.1) is 12.7 Å². The number of benzene rings is 2. The Morgan fingerprint density at radius 1 is 1.19 bits per heavy atom. The van der Waals surface area contributed by atoms with Gasteiger partial charge in [-0.2, -0.15) is 0 Å². The first kappa shape index (κ1) is 15.3. The number of hydrogen-bond acceptors (Lipinski definition) is 3. The number of aryl methyl sites for hydroxylation is 1. The zero-order chi connectivity index (χ0) is 15.4. The summed E-state index contributed by atoms with van der Waals surface area (Å²) in [7, 11) is 1.58. The van der Waals surface area contributed by atoms with Crippen LogP contribution in [0.4, 0.5) is 4.39 Å². The first-order chi connectivity index (χ1) is 10.0. The van der Waals surface area contributed by atoms with Crippen LogP contribution in [0.5, 0.6) is 11.5 Å². The molecule has 0 spiro atoms. The van der Waals surface area contributed by atoms with Crippen LogP contribution >= 0.6 is 12.2 Å². The molecular weight excluding hydrogens is 289 g/mol. The second-order valence-electron chi connectivity index (χ2n) is 4.61.